The van der Waals surface area contributed by atoms with Crippen LogP contribution in [0.25, 0.3) is 0 Å². The lowest BCUT2D eigenvalue weighted by atomic mass is 9.95. The van der Waals surface area contributed by atoms with Gasteiger partial charge in [0.05, 0.1) is 13.2 Å². The topological polar surface area (TPSA) is 24.5 Å². The predicted octanol–water partition coefficient (Wildman–Crippen LogP) is 2.01. The molecule has 1 atom stereocenters. The van der Waals surface area contributed by atoms with Crippen LogP contribution in [-0.4, -0.2) is 37.7 Å². The monoisotopic (exact) mass is 236 g/mol. The summed E-state index contributed by atoms with van der Waals surface area (Å²) in [7, 11) is 0. The highest BCUT2D eigenvalue weighted by Crippen LogP contribution is 2.36. The summed E-state index contributed by atoms with van der Waals surface area (Å²) >= 11 is 0. The Kier molecular flexibility index (Phi) is 2.99. The highest BCUT2D eigenvalue weighted by molar-refractivity contribution is 5.55. The Morgan fingerprint density at radius 3 is 2.94 bits per heavy atom. The standard InChI is InChI=1S/C13H17FN2O/c14-10-2-1-3-11-13(10)12(4-5-15-11)16-6-8-17-9-7-16/h1-3,12,15H,4-9H2. The molecular formula is C13H17FN2O. The van der Waals surface area contributed by atoms with E-state index in [9.17, 15) is 4.39 Å². The van der Waals surface area contributed by atoms with Gasteiger partial charge in [-0.3, -0.25) is 4.90 Å². The van der Waals surface area contributed by atoms with Crippen LogP contribution in [-0.2, 0) is 4.74 Å². The van der Waals surface area contributed by atoms with Crippen molar-refractivity contribution in [1.29, 1.82) is 0 Å². The van der Waals surface area contributed by atoms with Crippen LogP contribution in [0.3, 0.4) is 0 Å². The predicted molar refractivity (Wildman–Crippen MR) is 64.6 cm³/mol. The van der Waals surface area contributed by atoms with E-state index in [0.717, 1.165) is 50.5 Å². The van der Waals surface area contributed by atoms with Gasteiger partial charge in [0.1, 0.15) is 5.82 Å². The number of rotatable bonds is 1. The van der Waals surface area contributed by atoms with Crippen molar-refractivity contribution in [3.05, 3.63) is 29.6 Å². The minimum absolute atomic E-state index is 0.0915. The van der Waals surface area contributed by atoms with Crippen molar-refractivity contribution in [2.45, 2.75) is 12.5 Å². The maximum Gasteiger partial charge on any atom is 0.130 e. The first-order valence-electron chi connectivity index (χ1n) is 6.20. The number of nitrogens with one attached hydrogen (secondary N) is 1. The van der Waals surface area contributed by atoms with Crippen LogP contribution >= 0.6 is 0 Å². The van der Waals surface area contributed by atoms with E-state index < -0.39 is 0 Å². The Morgan fingerprint density at radius 2 is 2.12 bits per heavy atom. The number of nitrogens with zero attached hydrogens (tertiary/aromatic N) is 1. The molecule has 2 heterocycles. The Hall–Kier alpha value is -1.13. The molecule has 0 saturated carbocycles. The summed E-state index contributed by atoms with van der Waals surface area (Å²) in [5.74, 6) is -0.0915. The van der Waals surface area contributed by atoms with Crippen molar-refractivity contribution < 1.29 is 9.13 Å². The number of hydrogen-bond acceptors (Lipinski definition) is 3. The number of halogens is 1. The fourth-order valence-corrected chi connectivity index (χ4v) is 2.77. The number of hydrogen-bond donors (Lipinski definition) is 1. The van der Waals surface area contributed by atoms with Gasteiger partial charge in [0.2, 0.25) is 0 Å². The summed E-state index contributed by atoms with van der Waals surface area (Å²) in [6.07, 6.45) is 0.966. The van der Waals surface area contributed by atoms with E-state index in [1.54, 1.807) is 12.1 Å². The maximum atomic E-state index is 14.0. The van der Waals surface area contributed by atoms with Crippen LogP contribution in [0.5, 0.6) is 0 Å². The van der Waals surface area contributed by atoms with Crippen molar-refractivity contribution in [3.8, 4) is 0 Å². The first kappa shape index (κ1) is 11.0. The van der Waals surface area contributed by atoms with Crippen LogP contribution in [0.2, 0.25) is 0 Å². The molecule has 0 radical (unpaired) electrons. The molecule has 0 aliphatic carbocycles. The van der Waals surface area contributed by atoms with Gasteiger partial charge >= 0.3 is 0 Å². The molecule has 0 aromatic heterocycles. The van der Waals surface area contributed by atoms with Gasteiger partial charge in [-0.15, -0.1) is 0 Å². The number of ether oxygens (including phenoxy) is 1. The largest absolute Gasteiger partial charge is 0.385 e. The van der Waals surface area contributed by atoms with Crippen molar-refractivity contribution in [1.82, 2.24) is 4.90 Å². The average Bonchev–Trinajstić information content (AvgIpc) is 2.39. The summed E-state index contributed by atoms with van der Waals surface area (Å²) in [5, 5.41) is 3.27. The molecule has 1 aromatic carbocycles. The lowest BCUT2D eigenvalue weighted by Gasteiger charge is -2.38. The Bertz CT molecular complexity index is 404. The minimum atomic E-state index is -0.0915. The zero-order chi connectivity index (χ0) is 11.7. The van der Waals surface area contributed by atoms with E-state index in [-0.39, 0.29) is 11.9 Å². The van der Waals surface area contributed by atoms with Gasteiger partial charge in [-0.1, -0.05) is 6.07 Å². The van der Waals surface area contributed by atoms with Gasteiger partial charge in [0.25, 0.3) is 0 Å². The lowest BCUT2D eigenvalue weighted by Crippen LogP contribution is -2.41. The molecule has 0 amide bonds. The quantitative estimate of drug-likeness (QED) is 0.807. The minimum Gasteiger partial charge on any atom is -0.385 e. The third-order valence-electron chi connectivity index (χ3n) is 3.61. The van der Waals surface area contributed by atoms with Gasteiger partial charge < -0.3 is 10.1 Å². The van der Waals surface area contributed by atoms with Gasteiger partial charge in [0.15, 0.2) is 0 Å². The molecule has 3 nitrogen and oxygen atoms in total. The molecule has 0 spiro atoms. The average molecular weight is 236 g/mol. The van der Waals surface area contributed by atoms with Gasteiger partial charge in [-0.2, -0.15) is 0 Å². The van der Waals surface area contributed by atoms with Crippen LogP contribution in [0, 0.1) is 5.82 Å². The molecule has 17 heavy (non-hydrogen) atoms. The highest BCUT2D eigenvalue weighted by Gasteiger charge is 2.29. The Balaban J connectivity index is 1.92. The highest BCUT2D eigenvalue weighted by atomic mass is 19.1. The molecule has 1 N–H and O–H groups in total. The Labute approximate surface area is 101 Å². The summed E-state index contributed by atoms with van der Waals surface area (Å²) in [4.78, 5) is 2.34. The normalized spacial score (nSPS) is 25.1. The van der Waals surface area contributed by atoms with Crippen molar-refractivity contribution in [3.63, 3.8) is 0 Å². The van der Waals surface area contributed by atoms with Crippen molar-refractivity contribution in [2.75, 3.05) is 38.2 Å². The Morgan fingerprint density at radius 1 is 1.29 bits per heavy atom. The second-order valence-electron chi connectivity index (χ2n) is 4.58. The third kappa shape index (κ3) is 2.03. The number of anilines is 1. The molecule has 3 rings (SSSR count). The van der Waals surface area contributed by atoms with Crippen LogP contribution in [0.1, 0.15) is 18.0 Å². The molecule has 1 saturated heterocycles. The maximum absolute atomic E-state index is 14.0. The van der Waals surface area contributed by atoms with Crippen molar-refractivity contribution >= 4 is 5.69 Å². The van der Waals surface area contributed by atoms with E-state index in [0.29, 0.717) is 0 Å². The van der Waals surface area contributed by atoms with E-state index in [2.05, 4.69) is 10.2 Å². The van der Waals surface area contributed by atoms with E-state index in [1.165, 1.54) is 0 Å². The zero-order valence-corrected chi connectivity index (χ0v) is 9.79. The summed E-state index contributed by atoms with van der Waals surface area (Å²) < 4.78 is 19.3. The van der Waals surface area contributed by atoms with E-state index in [1.807, 2.05) is 6.07 Å². The number of fused-ring (bicyclic) bond motifs is 1. The zero-order valence-electron chi connectivity index (χ0n) is 9.79. The summed E-state index contributed by atoms with van der Waals surface area (Å²) in [6, 6.07) is 5.49. The first-order chi connectivity index (χ1) is 8.36. The molecule has 1 aromatic rings. The molecule has 1 unspecified atom stereocenters. The molecule has 1 fully saturated rings. The summed E-state index contributed by atoms with van der Waals surface area (Å²) in [6.45, 7) is 4.23. The molecule has 2 aliphatic rings. The van der Waals surface area contributed by atoms with E-state index >= 15 is 0 Å². The number of morpholine rings is 1. The van der Waals surface area contributed by atoms with E-state index in [4.69, 9.17) is 4.74 Å². The first-order valence-corrected chi connectivity index (χ1v) is 6.20. The van der Waals surface area contributed by atoms with Crippen molar-refractivity contribution in [2.24, 2.45) is 0 Å². The molecule has 4 heteroatoms. The number of benzene rings is 1. The van der Waals surface area contributed by atoms with Crippen LogP contribution in [0.4, 0.5) is 10.1 Å². The smallest absolute Gasteiger partial charge is 0.130 e. The fourth-order valence-electron chi connectivity index (χ4n) is 2.77. The second-order valence-corrected chi connectivity index (χ2v) is 4.58. The van der Waals surface area contributed by atoms with Crippen LogP contribution < -0.4 is 5.32 Å². The third-order valence-corrected chi connectivity index (χ3v) is 3.61. The second kappa shape index (κ2) is 4.63. The molecule has 2 aliphatic heterocycles. The molecular weight excluding hydrogens is 219 g/mol. The molecule has 0 bridgehead atoms. The lowest BCUT2D eigenvalue weighted by molar-refractivity contribution is 0.0137. The van der Waals surface area contributed by atoms with Gasteiger partial charge in [-0.05, 0) is 18.6 Å². The SMILES string of the molecule is Fc1cccc2c1C(N1CCOCC1)CCN2. The fraction of sp³-hybridized carbons (Fsp3) is 0.538. The van der Waals surface area contributed by atoms with Gasteiger partial charge in [0, 0.05) is 36.9 Å². The van der Waals surface area contributed by atoms with Gasteiger partial charge in [-0.25, -0.2) is 4.39 Å². The summed E-state index contributed by atoms with van der Waals surface area (Å²) in [5.41, 5.74) is 1.79. The molecule has 92 valence electrons. The van der Waals surface area contributed by atoms with Crippen LogP contribution in [0.15, 0.2) is 18.2 Å².